The van der Waals surface area contributed by atoms with Crippen LogP contribution in [0.3, 0.4) is 0 Å². The largest absolute Gasteiger partial charge is 0.340 e. The summed E-state index contributed by atoms with van der Waals surface area (Å²) in [6.45, 7) is 1.04. The number of quaternary nitrogens is 1. The van der Waals surface area contributed by atoms with Gasteiger partial charge in [0.1, 0.15) is 5.82 Å². The Kier molecular flexibility index (Phi) is 4.57. The Morgan fingerprint density at radius 3 is 2.50 bits per heavy atom. The van der Waals surface area contributed by atoms with E-state index in [0.717, 1.165) is 34.6 Å². The molecule has 0 radical (unpaired) electrons. The van der Waals surface area contributed by atoms with Gasteiger partial charge in [-0.1, -0.05) is 29.4 Å². The third kappa shape index (κ3) is 3.22. The number of halogens is 2. The molecule has 1 aliphatic heterocycles. The van der Waals surface area contributed by atoms with Gasteiger partial charge in [-0.3, -0.25) is 0 Å². The van der Waals surface area contributed by atoms with E-state index in [4.69, 9.17) is 11.6 Å². The van der Waals surface area contributed by atoms with Gasteiger partial charge < -0.3 is 4.90 Å². The van der Waals surface area contributed by atoms with E-state index in [1.165, 1.54) is 15.9 Å². The van der Waals surface area contributed by atoms with Crippen molar-refractivity contribution in [2.45, 2.75) is 16.2 Å². The molecular formula is C18H18ClFNS+. The number of hydrogen-bond donors (Lipinski definition) is 1. The van der Waals surface area contributed by atoms with E-state index in [-0.39, 0.29) is 5.82 Å². The summed E-state index contributed by atoms with van der Waals surface area (Å²) < 4.78 is 13.7. The van der Waals surface area contributed by atoms with Crippen molar-refractivity contribution in [2.75, 3.05) is 20.6 Å². The van der Waals surface area contributed by atoms with Crippen LogP contribution in [0.1, 0.15) is 17.5 Å². The zero-order valence-corrected chi connectivity index (χ0v) is 14.2. The van der Waals surface area contributed by atoms with Gasteiger partial charge in [-0.15, -0.1) is 0 Å². The quantitative estimate of drug-likeness (QED) is 0.761. The van der Waals surface area contributed by atoms with Crippen LogP contribution >= 0.6 is 23.4 Å². The minimum Gasteiger partial charge on any atom is -0.340 e. The minimum atomic E-state index is -0.200. The van der Waals surface area contributed by atoms with Crippen LogP contribution in [0, 0.1) is 5.82 Å². The lowest BCUT2D eigenvalue weighted by Crippen LogP contribution is -3.05. The highest BCUT2D eigenvalue weighted by atomic mass is 35.5. The molecule has 0 bridgehead atoms. The van der Waals surface area contributed by atoms with Crippen LogP contribution < -0.4 is 4.90 Å². The highest BCUT2D eigenvalue weighted by molar-refractivity contribution is 7.99. The van der Waals surface area contributed by atoms with Crippen LogP contribution in [0.25, 0.3) is 5.57 Å². The third-order valence-corrected chi connectivity index (χ3v) is 5.06. The smallest absolute Gasteiger partial charge is 0.123 e. The van der Waals surface area contributed by atoms with E-state index in [1.807, 2.05) is 24.3 Å². The predicted octanol–water partition coefficient (Wildman–Crippen LogP) is 3.91. The maximum atomic E-state index is 13.7. The van der Waals surface area contributed by atoms with Gasteiger partial charge in [0.25, 0.3) is 0 Å². The maximum Gasteiger partial charge on any atom is 0.123 e. The SMILES string of the molecule is C[NH+](C)CCC=C1c2cc(F)ccc2Sc2ccc(Cl)cc21. The molecule has 0 atom stereocenters. The second-order valence-corrected chi connectivity index (χ2v) is 7.27. The van der Waals surface area contributed by atoms with E-state index in [9.17, 15) is 4.39 Å². The van der Waals surface area contributed by atoms with Crippen molar-refractivity contribution in [1.82, 2.24) is 0 Å². The molecule has 0 amide bonds. The molecule has 1 aliphatic rings. The Bertz CT molecular complexity index is 686. The second kappa shape index (κ2) is 6.45. The van der Waals surface area contributed by atoms with Crippen LogP contribution in [0.4, 0.5) is 4.39 Å². The number of benzene rings is 2. The summed E-state index contributed by atoms with van der Waals surface area (Å²) in [5, 5.41) is 0.711. The molecule has 1 nitrogen and oxygen atoms in total. The monoisotopic (exact) mass is 334 g/mol. The Labute approximate surface area is 139 Å². The average Bonchev–Trinajstić information content (AvgIpc) is 2.47. The van der Waals surface area contributed by atoms with Gasteiger partial charge in [0.15, 0.2) is 0 Å². The van der Waals surface area contributed by atoms with E-state index in [1.54, 1.807) is 17.8 Å². The van der Waals surface area contributed by atoms with Crippen molar-refractivity contribution in [3.05, 3.63) is 64.4 Å². The van der Waals surface area contributed by atoms with Crippen LogP contribution in [-0.2, 0) is 0 Å². The molecule has 1 heterocycles. The molecule has 0 unspecified atom stereocenters. The van der Waals surface area contributed by atoms with Gasteiger partial charge in [0.2, 0.25) is 0 Å². The van der Waals surface area contributed by atoms with Crippen LogP contribution in [-0.4, -0.2) is 20.6 Å². The first kappa shape index (κ1) is 15.6. The number of rotatable bonds is 3. The Morgan fingerprint density at radius 2 is 1.77 bits per heavy atom. The standard InChI is InChI=1S/C18H17ClFNS/c1-21(2)9-3-4-14-15-10-12(19)5-7-17(15)22-18-8-6-13(20)11-16(14)18/h4-8,10-11H,3,9H2,1-2H3/p+1. The summed E-state index contributed by atoms with van der Waals surface area (Å²) in [5.41, 5.74) is 3.16. The van der Waals surface area contributed by atoms with E-state index >= 15 is 0 Å². The minimum absolute atomic E-state index is 0.200. The second-order valence-electron chi connectivity index (χ2n) is 5.75. The molecule has 0 fully saturated rings. The molecule has 0 aromatic heterocycles. The number of nitrogens with one attached hydrogen (secondary N) is 1. The lowest BCUT2D eigenvalue weighted by Gasteiger charge is -2.22. The van der Waals surface area contributed by atoms with Crippen molar-refractivity contribution in [3.63, 3.8) is 0 Å². The van der Waals surface area contributed by atoms with Crippen molar-refractivity contribution < 1.29 is 9.29 Å². The van der Waals surface area contributed by atoms with E-state index < -0.39 is 0 Å². The van der Waals surface area contributed by atoms with Crippen LogP contribution in [0.5, 0.6) is 0 Å². The fourth-order valence-corrected chi connectivity index (χ4v) is 3.83. The molecule has 4 heteroatoms. The van der Waals surface area contributed by atoms with Gasteiger partial charge >= 0.3 is 0 Å². The van der Waals surface area contributed by atoms with Gasteiger partial charge in [-0.25, -0.2) is 4.39 Å². The molecule has 1 N–H and O–H groups in total. The Morgan fingerprint density at radius 1 is 1.09 bits per heavy atom. The van der Waals surface area contributed by atoms with Gasteiger partial charge in [-0.2, -0.15) is 0 Å². The molecule has 3 rings (SSSR count). The summed E-state index contributed by atoms with van der Waals surface area (Å²) in [7, 11) is 4.27. The van der Waals surface area contributed by atoms with Crippen molar-refractivity contribution in [3.8, 4) is 0 Å². The zero-order valence-electron chi connectivity index (χ0n) is 12.6. The van der Waals surface area contributed by atoms with E-state index in [2.05, 4.69) is 20.2 Å². The van der Waals surface area contributed by atoms with Crippen molar-refractivity contribution in [2.24, 2.45) is 0 Å². The molecular weight excluding hydrogens is 317 g/mol. The van der Waals surface area contributed by atoms with Gasteiger partial charge in [-0.05, 0) is 53.1 Å². The van der Waals surface area contributed by atoms with Gasteiger partial charge in [0, 0.05) is 21.2 Å². The first-order valence-corrected chi connectivity index (χ1v) is 8.51. The van der Waals surface area contributed by atoms with Crippen LogP contribution in [0.15, 0.2) is 52.3 Å². The molecule has 0 saturated heterocycles. The highest BCUT2D eigenvalue weighted by Crippen LogP contribution is 2.46. The molecule has 0 saturated carbocycles. The molecule has 0 aliphatic carbocycles. The topological polar surface area (TPSA) is 4.44 Å². The lowest BCUT2D eigenvalue weighted by molar-refractivity contribution is -0.857. The molecule has 114 valence electrons. The summed E-state index contributed by atoms with van der Waals surface area (Å²) in [6.07, 6.45) is 3.16. The summed E-state index contributed by atoms with van der Waals surface area (Å²) >= 11 is 7.84. The Balaban J connectivity index is 2.09. The fourth-order valence-electron chi connectivity index (χ4n) is 2.59. The number of hydrogen-bond acceptors (Lipinski definition) is 1. The highest BCUT2D eigenvalue weighted by Gasteiger charge is 2.21. The average molecular weight is 335 g/mol. The maximum absolute atomic E-state index is 13.7. The fraction of sp³-hybridized carbons (Fsp3) is 0.222. The molecule has 2 aromatic carbocycles. The van der Waals surface area contributed by atoms with Crippen molar-refractivity contribution in [1.29, 1.82) is 0 Å². The first-order valence-electron chi connectivity index (χ1n) is 7.31. The summed E-state index contributed by atoms with van der Waals surface area (Å²) in [5.74, 6) is -0.200. The third-order valence-electron chi connectivity index (χ3n) is 3.68. The summed E-state index contributed by atoms with van der Waals surface area (Å²) in [4.78, 5) is 3.67. The molecule has 22 heavy (non-hydrogen) atoms. The summed E-state index contributed by atoms with van der Waals surface area (Å²) in [6, 6.07) is 10.9. The first-order chi connectivity index (χ1) is 10.5. The number of fused-ring (bicyclic) bond motifs is 2. The van der Waals surface area contributed by atoms with Crippen molar-refractivity contribution >= 4 is 28.9 Å². The Hall–Kier alpha value is -1.29. The predicted molar refractivity (Wildman–Crippen MR) is 91.3 cm³/mol. The normalized spacial score (nSPS) is 15.0. The molecule has 0 spiro atoms. The van der Waals surface area contributed by atoms with Gasteiger partial charge in [0.05, 0.1) is 20.6 Å². The zero-order chi connectivity index (χ0) is 15.7. The van der Waals surface area contributed by atoms with E-state index in [0.29, 0.717) is 5.02 Å². The van der Waals surface area contributed by atoms with Crippen LogP contribution in [0.2, 0.25) is 5.02 Å². The molecule has 2 aromatic rings. The lowest BCUT2D eigenvalue weighted by atomic mass is 9.96.